The zero-order valence-corrected chi connectivity index (χ0v) is 5.19. The number of rotatable bonds is 0. The summed E-state index contributed by atoms with van der Waals surface area (Å²) in [6.45, 7) is 8.75. The van der Waals surface area contributed by atoms with E-state index >= 15 is 0 Å². The average Bonchev–Trinajstić information content (AvgIpc) is 1.50. The molecule has 0 heterocycles. The molecule has 0 atom stereocenters. The topological polar surface area (TPSA) is 23.8 Å². The molecule has 0 aliphatic rings. The smallest absolute Gasteiger partial charge is 0.512 e. The van der Waals surface area contributed by atoms with Crippen LogP contribution in [0.15, 0.2) is 0 Å². The molecule has 0 aromatic carbocycles. The van der Waals surface area contributed by atoms with E-state index in [-0.39, 0.29) is 35.9 Å². The Bertz CT molecular complexity index is 15.5. The molecule has 0 N–H and O–H groups in total. The monoisotopic (exact) mass is 126 g/mol. The third kappa shape index (κ3) is 163. The second-order valence-electron chi connectivity index (χ2n) is 0. The summed E-state index contributed by atoms with van der Waals surface area (Å²) in [7, 11) is 0. The van der Waals surface area contributed by atoms with E-state index < -0.39 is 0 Å². The molecule has 0 saturated carbocycles. The van der Waals surface area contributed by atoms with Crippen LogP contribution >= 0.6 is 0 Å². The predicted molar refractivity (Wildman–Crippen MR) is 16.3 cm³/mol. The first kappa shape index (κ1) is 30.6. The molecule has 0 aromatic rings. The van der Waals surface area contributed by atoms with Gasteiger partial charge in [0.1, 0.15) is 0 Å². The van der Waals surface area contributed by atoms with Gasteiger partial charge in [-0.15, -0.1) is 0 Å². The van der Waals surface area contributed by atoms with Gasteiger partial charge in [-0.1, -0.05) is 13.8 Å². The molecule has 0 bridgehead atoms. The van der Waals surface area contributed by atoms with Crippen LogP contribution in [0.3, 0.4) is 0 Å². The van der Waals surface area contributed by atoms with Gasteiger partial charge in [-0.25, -0.2) is 0 Å². The minimum absolute atomic E-state index is 0. The van der Waals surface area contributed by atoms with Crippen LogP contribution in [0.5, 0.6) is 0 Å². The van der Waals surface area contributed by atoms with Crippen molar-refractivity contribution in [1.29, 1.82) is 5.26 Å². The maximum Gasteiger partial charge on any atom is 1.00 e. The Morgan fingerprint density at radius 2 is 1.17 bits per heavy atom. The summed E-state index contributed by atoms with van der Waals surface area (Å²) >= 11 is 0. The van der Waals surface area contributed by atoms with Gasteiger partial charge in [-0.3, -0.25) is 0 Å². The van der Waals surface area contributed by atoms with Crippen LogP contribution in [0.25, 0.3) is 0 Å². The molecule has 0 saturated heterocycles. The van der Waals surface area contributed by atoms with Crippen molar-refractivity contribution in [3.63, 3.8) is 0 Å². The molecule has 1 radical (unpaired) electrons. The van der Waals surface area contributed by atoms with Gasteiger partial charge in [-0.2, -0.15) is 0 Å². The van der Waals surface area contributed by atoms with Crippen LogP contribution < -0.4 is 18.9 Å². The summed E-state index contributed by atoms with van der Waals surface area (Å²) in [6, 6.07) is 0. The molecule has 0 aliphatic carbocycles. The van der Waals surface area contributed by atoms with E-state index in [4.69, 9.17) is 11.8 Å². The molecule has 0 spiro atoms. The van der Waals surface area contributed by atoms with Crippen LogP contribution in [0, 0.1) is 11.8 Å². The summed E-state index contributed by atoms with van der Waals surface area (Å²) in [5.41, 5.74) is 0. The molecule has 0 aromatic heterocycles. The van der Waals surface area contributed by atoms with Crippen LogP contribution in [-0.4, -0.2) is 0 Å². The second-order valence-corrected chi connectivity index (χ2v) is 0. The fourth-order valence-electron chi connectivity index (χ4n) is 0. The van der Waals surface area contributed by atoms with Gasteiger partial charge >= 0.3 is 18.9 Å². The van der Waals surface area contributed by atoms with E-state index in [0.717, 1.165) is 0 Å². The molecule has 0 rings (SSSR count). The van der Waals surface area contributed by atoms with Gasteiger partial charge in [0.05, 0.1) is 0 Å². The summed E-state index contributed by atoms with van der Waals surface area (Å²) < 4.78 is 0. The summed E-state index contributed by atoms with van der Waals surface area (Å²) in [5.74, 6) is 0. The third-order valence-electron chi connectivity index (χ3n) is 0. The number of hydrogen-bond acceptors (Lipinski definition) is 1. The van der Waals surface area contributed by atoms with Gasteiger partial charge < -0.3 is 11.8 Å². The number of hydrogen-bond donors (Lipinski definition) is 0. The SMILES string of the molecule is CC.[C-]#N.[Cu].[Li+]. The van der Waals surface area contributed by atoms with Gasteiger partial charge in [0, 0.05) is 17.1 Å². The fraction of sp³-hybridized carbons (Fsp3) is 0.667. The Labute approximate surface area is 61.8 Å². The normalized spacial score (nSPS) is 1.33. The van der Waals surface area contributed by atoms with Crippen molar-refractivity contribution in [1.82, 2.24) is 0 Å². The molecular formula is C3H6CuLiN. The van der Waals surface area contributed by atoms with Crippen LogP contribution in [0.1, 0.15) is 13.8 Å². The van der Waals surface area contributed by atoms with E-state index in [1.807, 2.05) is 13.8 Å². The van der Waals surface area contributed by atoms with E-state index in [2.05, 4.69) is 0 Å². The van der Waals surface area contributed by atoms with E-state index in [1.54, 1.807) is 0 Å². The van der Waals surface area contributed by atoms with Gasteiger partial charge in [0.15, 0.2) is 0 Å². The molecule has 0 fully saturated rings. The van der Waals surface area contributed by atoms with Crippen LogP contribution in [0.4, 0.5) is 0 Å². The molecule has 1 nitrogen and oxygen atoms in total. The first-order valence-corrected chi connectivity index (χ1v) is 1.22. The molecule has 35 valence electrons. The van der Waals surface area contributed by atoms with E-state index in [1.165, 1.54) is 0 Å². The van der Waals surface area contributed by atoms with Crippen LogP contribution in [-0.2, 0) is 17.1 Å². The first-order chi connectivity index (χ1) is 2.00. The standard InChI is InChI=1S/C2H6.CN.Cu.Li/c2*1-2;;/h1-2H3;;;/q;-1;;+1. The average molecular weight is 127 g/mol. The Morgan fingerprint density at radius 3 is 1.17 bits per heavy atom. The zero-order valence-electron chi connectivity index (χ0n) is 4.25. The van der Waals surface area contributed by atoms with Crippen LogP contribution in [0.2, 0.25) is 0 Å². The number of nitrogens with zero attached hydrogens (tertiary/aromatic N) is 1. The van der Waals surface area contributed by atoms with E-state index in [9.17, 15) is 0 Å². The first-order valence-electron chi connectivity index (χ1n) is 1.22. The van der Waals surface area contributed by atoms with E-state index in [0.29, 0.717) is 0 Å². The minimum Gasteiger partial charge on any atom is -0.512 e. The Balaban J connectivity index is -0.00000000500. The zero-order chi connectivity index (χ0) is 4.00. The Kier molecular flexibility index (Phi) is 1650. The molecule has 0 unspecified atom stereocenters. The molecular weight excluding hydrogens is 121 g/mol. The Hall–Kier alpha value is 0.607. The second kappa shape index (κ2) is 323. The van der Waals surface area contributed by atoms with Crippen molar-refractivity contribution >= 4 is 0 Å². The summed E-state index contributed by atoms with van der Waals surface area (Å²) in [6.07, 6.45) is 0. The summed E-state index contributed by atoms with van der Waals surface area (Å²) in [4.78, 5) is 0. The molecule has 3 heteroatoms. The van der Waals surface area contributed by atoms with Crippen molar-refractivity contribution in [3.05, 3.63) is 6.57 Å². The van der Waals surface area contributed by atoms with Crippen molar-refractivity contribution in [2.75, 3.05) is 0 Å². The quantitative estimate of drug-likeness (QED) is 0.276. The minimum atomic E-state index is 0. The van der Waals surface area contributed by atoms with Crippen molar-refractivity contribution in [2.45, 2.75) is 13.8 Å². The maximum absolute atomic E-state index is 6.25. The maximum atomic E-state index is 6.25. The molecule has 0 amide bonds. The third-order valence-corrected chi connectivity index (χ3v) is 0. The largest absolute Gasteiger partial charge is 1.00 e. The van der Waals surface area contributed by atoms with Gasteiger partial charge in [0.25, 0.3) is 0 Å². The Morgan fingerprint density at radius 1 is 1.17 bits per heavy atom. The molecule has 6 heavy (non-hydrogen) atoms. The fourth-order valence-corrected chi connectivity index (χ4v) is 0. The van der Waals surface area contributed by atoms with Gasteiger partial charge in [-0.05, 0) is 0 Å². The molecule has 0 aliphatic heterocycles. The predicted octanol–water partition coefficient (Wildman–Crippen LogP) is -1.88. The van der Waals surface area contributed by atoms with Crippen molar-refractivity contribution in [3.8, 4) is 0 Å². The van der Waals surface area contributed by atoms with Crippen molar-refractivity contribution < 1.29 is 35.9 Å². The summed E-state index contributed by atoms with van der Waals surface area (Å²) in [5, 5.41) is 6.25. The van der Waals surface area contributed by atoms with Crippen molar-refractivity contribution in [2.24, 2.45) is 0 Å². The van der Waals surface area contributed by atoms with Gasteiger partial charge in [0.2, 0.25) is 0 Å².